The average molecular weight is 301 g/mol. The number of rotatable bonds is 7. The third kappa shape index (κ3) is 4.18. The van der Waals surface area contributed by atoms with E-state index in [4.69, 9.17) is 5.11 Å². The van der Waals surface area contributed by atoms with Crippen molar-refractivity contribution in [2.24, 2.45) is 0 Å². The Morgan fingerprint density at radius 3 is 2.64 bits per heavy atom. The van der Waals surface area contributed by atoms with Crippen molar-refractivity contribution in [3.63, 3.8) is 0 Å². The van der Waals surface area contributed by atoms with Gasteiger partial charge in [-0.3, -0.25) is 9.59 Å². The normalized spacial score (nSPS) is 10.4. The molecule has 6 heteroatoms. The Bertz CT molecular complexity index is 650. The summed E-state index contributed by atoms with van der Waals surface area (Å²) < 4.78 is 1.68. The quantitative estimate of drug-likeness (QED) is 0.768. The second-order valence-corrected chi connectivity index (χ2v) is 5.02. The van der Waals surface area contributed by atoms with E-state index < -0.39 is 5.97 Å². The molecule has 22 heavy (non-hydrogen) atoms. The number of hydrogen-bond acceptors (Lipinski definition) is 3. The third-order valence-corrected chi connectivity index (χ3v) is 3.27. The largest absolute Gasteiger partial charge is 0.481 e. The van der Waals surface area contributed by atoms with Crippen LogP contribution in [0.4, 0.5) is 0 Å². The molecule has 2 aromatic rings. The monoisotopic (exact) mass is 301 g/mol. The van der Waals surface area contributed by atoms with Gasteiger partial charge in [0.05, 0.1) is 16.9 Å². The molecule has 0 atom stereocenters. The number of carbonyl (C=O) groups excluding carboxylic acids is 1. The van der Waals surface area contributed by atoms with Gasteiger partial charge in [0.25, 0.3) is 5.91 Å². The second kappa shape index (κ2) is 7.40. The molecule has 0 radical (unpaired) electrons. The summed E-state index contributed by atoms with van der Waals surface area (Å²) in [6, 6.07) is 9.58. The summed E-state index contributed by atoms with van der Waals surface area (Å²) in [5, 5.41) is 15.7. The lowest BCUT2D eigenvalue weighted by Crippen LogP contribution is -2.24. The van der Waals surface area contributed by atoms with Crippen LogP contribution in [0.5, 0.6) is 0 Å². The molecule has 2 N–H and O–H groups in total. The fraction of sp³-hybridized carbons (Fsp3) is 0.312. The summed E-state index contributed by atoms with van der Waals surface area (Å²) in [7, 11) is 0. The molecular formula is C16H19N3O3. The molecule has 0 aliphatic carbocycles. The Balaban J connectivity index is 1.93. The van der Waals surface area contributed by atoms with E-state index in [1.807, 2.05) is 30.3 Å². The first-order chi connectivity index (χ1) is 10.6. The van der Waals surface area contributed by atoms with Gasteiger partial charge < -0.3 is 10.4 Å². The number of aryl methyl sites for hydroxylation is 1. The molecule has 1 aromatic carbocycles. The van der Waals surface area contributed by atoms with E-state index >= 15 is 0 Å². The molecule has 0 fully saturated rings. The predicted octanol–water partition coefficient (Wildman–Crippen LogP) is 2.17. The molecule has 0 saturated heterocycles. The minimum atomic E-state index is -0.814. The molecule has 0 unspecified atom stereocenters. The first-order valence-electron chi connectivity index (χ1n) is 7.19. The number of unbranched alkanes of at least 4 members (excludes halogenated alkanes) is 1. The molecule has 116 valence electrons. The van der Waals surface area contributed by atoms with E-state index in [9.17, 15) is 9.59 Å². The van der Waals surface area contributed by atoms with E-state index in [1.54, 1.807) is 17.8 Å². The lowest BCUT2D eigenvalue weighted by molar-refractivity contribution is -0.137. The Morgan fingerprint density at radius 2 is 1.95 bits per heavy atom. The fourth-order valence-electron chi connectivity index (χ4n) is 2.09. The SMILES string of the molecule is Cc1nn(-c2ccccc2)cc1C(=O)NCCCCC(=O)O. The molecule has 0 spiro atoms. The zero-order valence-electron chi connectivity index (χ0n) is 12.5. The van der Waals surface area contributed by atoms with Crippen LogP contribution in [0.1, 0.15) is 35.3 Å². The van der Waals surface area contributed by atoms with E-state index in [-0.39, 0.29) is 12.3 Å². The van der Waals surface area contributed by atoms with Crippen molar-refractivity contribution in [3.8, 4) is 5.69 Å². The number of para-hydroxylation sites is 1. The van der Waals surface area contributed by atoms with E-state index in [1.165, 1.54) is 0 Å². The van der Waals surface area contributed by atoms with Crippen molar-refractivity contribution < 1.29 is 14.7 Å². The van der Waals surface area contributed by atoms with Crippen LogP contribution in [0.3, 0.4) is 0 Å². The zero-order valence-corrected chi connectivity index (χ0v) is 12.5. The number of carbonyl (C=O) groups is 2. The van der Waals surface area contributed by atoms with Gasteiger partial charge in [0.1, 0.15) is 0 Å². The van der Waals surface area contributed by atoms with Gasteiger partial charge in [0.15, 0.2) is 0 Å². The van der Waals surface area contributed by atoms with Crippen molar-refractivity contribution in [1.29, 1.82) is 0 Å². The van der Waals surface area contributed by atoms with Crippen LogP contribution in [-0.2, 0) is 4.79 Å². The van der Waals surface area contributed by atoms with Crippen LogP contribution < -0.4 is 5.32 Å². The van der Waals surface area contributed by atoms with Crippen LogP contribution in [0.25, 0.3) is 5.69 Å². The smallest absolute Gasteiger partial charge is 0.303 e. The van der Waals surface area contributed by atoms with Crippen molar-refractivity contribution >= 4 is 11.9 Å². The number of aromatic nitrogens is 2. The lowest BCUT2D eigenvalue weighted by Gasteiger charge is -2.03. The Morgan fingerprint density at radius 1 is 1.23 bits per heavy atom. The van der Waals surface area contributed by atoms with Gasteiger partial charge >= 0.3 is 5.97 Å². The van der Waals surface area contributed by atoms with Gasteiger partial charge in [0, 0.05) is 19.2 Å². The van der Waals surface area contributed by atoms with Crippen LogP contribution in [0.2, 0.25) is 0 Å². The van der Waals surface area contributed by atoms with Gasteiger partial charge in [-0.2, -0.15) is 5.10 Å². The number of benzene rings is 1. The minimum absolute atomic E-state index is 0.126. The summed E-state index contributed by atoms with van der Waals surface area (Å²) in [5.74, 6) is -0.999. The van der Waals surface area contributed by atoms with Gasteiger partial charge in [-0.05, 0) is 31.9 Å². The van der Waals surface area contributed by atoms with Crippen molar-refractivity contribution in [1.82, 2.24) is 15.1 Å². The van der Waals surface area contributed by atoms with Crippen LogP contribution >= 0.6 is 0 Å². The average Bonchev–Trinajstić information content (AvgIpc) is 2.89. The van der Waals surface area contributed by atoms with E-state index in [0.717, 1.165) is 5.69 Å². The lowest BCUT2D eigenvalue weighted by atomic mass is 10.2. The molecule has 6 nitrogen and oxygen atoms in total. The molecule has 0 bridgehead atoms. The highest BCUT2D eigenvalue weighted by Gasteiger charge is 2.13. The Labute approximate surface area is 128 Å². The summed E-state index contributed by atoms with van der Waals surface area (Å²) in [6.07, 6.45) is 3.03. The molecular weight excluding hydrogens is 282 g/mol. The second-order valence-electron chi connectivity index (χ2n) is 5.02. The number of nitrogens with one attached hydrogen (secondary N) is 1. The standard InChI is InChI=1S/C16H19N3O3/c1-12-14(16(22)17-10-6-5-9-15(20)21)11-19(18-12)13-7-3-2-4-8-13/h2-4,7-8,11H,5-6,9-10H2,1H3,(H,17,22)(H,20,21). The summed E-state index contributed by atoms with van der Waals surface area (Å²) >= 11 is 0. The zero-order chi connectivity index (χ0) is 15.9. The highest BCUT2D eigenvalue weighted by atomic mass is 16.4. The summed E-state index contributed by atoms with van der Waals surface area (Å²) in [6.45, 7) is 2.25. The molecule has 1 aromatic heterocycles. The molecule has 0 aliphatic rings. The highest BCUT2D eigenvalue weighted by molar-refractivity contribution is 5.95. The molecule has 2 rings (SSSR count). The maximum atomic E-state index is 12.1. The van der Waals surface area contributed by atoms with E-state index in [0.29, 0.717) is 30.6 Å². The van der Waals surface area contributed by atoms with Gasteiger partial charge in [-0.1, -0.05) is 18.2 Å². The van der Waals surface area contributed by atoms with Gasteiger partial charge in [-0.15, -0.1) is 0 Å². The number of hydrogen-bond donors (Lipinski definition) is 2. The summed E-state index contributed by atoms with van der Waals surface area (Å²) in [4.78, 5) is 22.5. The number of carboxylic acid groups (broad SMARTS) is 1. The molecule has 1 heterocycles. The number of amides is 1. The first kappa shape index (κ1) is 15.8. The topological polar surface area (TPSA) is 84.2 Å². The number of aliphatic carboxylic acids is 1. The van der Waals surface area contributed by atoms with Crippen LogP contribution in [0.15, 0.2) is 36.5 Å². The number of carboxylic acids is 1. The van der Waals surface area contributed by atoms with Crippen LogP contribution in [0, 0.1) is 6.92 Å². The highest BCUT2D eigenvalue weighted by Crippen LogP contribution is 2.11. The predicted molar refractivity (Wildman–Crippen MR) is 82.1 cm³/mol. The molecule has 1 amide bonds. The van der Waals surface area contributed by atoms with Crippen molar-refractivity contribution in [3.05, 3.63) is 47.8 Å². The van der Waals surface area contributed by atoms with Crippen molar-refractivity contribution in [2.75, 3.05) is 6.54 Å². The first-order valence-corrected chi connectivity index (χ1v) is 7.19. The molecule has 0 aliphatic heterocycles. The van der Waals surface area contributed by atoms with Gasteiger partial charge in [0.2, 0.25) is 0 Å². The maximum absolute atomic E-state index is 12.1. The molecule has 0 saturated carbocycles. The van der Waals surface area contributed by atoms with Crippen molar-refractivity contribution in [2.45, 2.75) is 26.2 Å². The Hall–Kier alpha value is -2.63. The van der Waals surface area contributed by atoms with E-state index in [2.05, 4.69) is 10.4 Å². The summed E-state index contributed by atoms with van der Waals surface area (Å²) in [5.41, 5.74) is 2.08. The Kier molecular flexibility index (Phi) is 5.30. The van der Waals surface area contributed by atoms with Crippen LogP contribution in [-0.4, -0.2) is 33.3 Å². The number of nitrogens with zero attached hydrogens (tertiary/aromatic N) is 2. The minimum Gasteiger partial charge on any atom is -0.481 e. The fourth-order valence-corrected chi connectivity index (χ4v) is 2.09. The van der Waals surface area contributed by atoms with Gasteiger partial charge in [-0.25, -0.2) is 4.68 Å². The third-order valence-electron chi connectivity index (χ3n) is 3.27. The maximum Gasteiger partial charge on any atom is 0.303 e.